The summed E-state index contributed by atoms with van der Waals surface area (Å²) in [6.45, 7) is 0.144. The van der Waals surface area contributed by atoms with Gasteiger partial charge < -0.3 is 16.0 Å². The topological polar surface area (TPSA) is 83.8 Å². The molecule has 0 unspecified atom stereocenters. The van der Waals surface area contributed by atoms with Gasteiger partial charge >= 0.3 is 0 Å². The summed E-state index contributed by atoms with van der Waals surface area (Å²) in [5.41, 5.74) is 10.0. The molecule has 34 heavy (non-hydrogen) atoms. The molecule has 0 aliphatic heterocycles. The number of rotatable bonds is 5. The molecule has 5 rings (SSSR count). The van der Waals surface area contributed by atoms with E-state index in [1.807, 2.05) is 42.5 Å². The number of anilines is 1. The Kier molecular flexibility index (Phi) is 5.51. The van der Waals surface area contributed by atoms with Crippen LogP contribution in [0.1, 0.15) is 11.3 Å². The number of aromatic nitrogens is 2. The van der Waals surface area contributed by atoms with E-state index < -0.39 is 11.6 Å². The van der Waals surface area contributed by atoms with Crippen LogP contribution < -0.4 is 11.1 Å². The largest absolute Gasteiger partial charge is 0.399 e. The molecule has 5 nitrogen and oxygen atoms in total. The zero-order chi connectivity index (χ0) is 23.7. The highest BCUT2D eigenvalue weighted by atomic mass is 19.1. The van der Waals surface area contributed by atoms with Crippen molar-refractivity contribution in [3.05, 3.63) is 102 Å². The zero-order valence-corrected chi connectivity index (χ0v) is 18.0. The lowest BCUT2D eigenvalue weighted by Gasteiger charge is -2.09. The maximum absolute atomic E-state index is 14.0. The highest BCUT2D eigenvalue weighted by Gasteiger charge is 2.15. The van der Waals surface area contributed by atoms with E-state index in [0.29, 0.717) is 28.2 Å². The van der Waals surface area contributed by atoms with Crippen molar-refractivity contribution in [2.75, 3.05) is 5.73 Å². The average Bonchev–Trinajstić information content (AvgIpc) is 3.20. The Morgan fingerprint density at radius 2 is 1.71 bits per heavy atom. The quantitative estimate of drug-likeness (QED) is 0.240. The van der Waals surface area contributed by atoms with Crippen LogP contribution in [-0.4, -0.2) is 15.9 Å². The number of para-hydroxylation sites is 1. The Morgan fingerprint density at radius 3 is 2.47 bits per heavy atom. The first-order valence-corrected chi connectivity index (χ1v) is 10.6. The molecule has 4 N–H and O–H groups in total. The summed E-state index contributed by atoms with van der Waals surface area (Å²) in [6.07, 6.45) is 3.12. The Morgan fingerprint density at radius 1 is 0.971 bits per heavy atom. The van der Waals surface area contributed by atoms with Gasteiger partial charge in [0.1, 0.15) is 11.6 Å². The smallest absolute Gasteiger partial charge is 0.244 e. The second-order valence-electron chi connectivity index (χ2n) is 7.93. The third kappa shape index (κ3) is 4.36. The molecule has 7 heteroatoms. The lowest BCUT2D eigenvalue weighted by atomic mass is 10.1. The Balaban J connectivity index is 1.49. The average molecular weight is 454 g/mol. The summed E-state index contributed by atoms with van der Waals surface area (Å²) in [5.74, 6) is -1.67. The molecule has 0 saturated heterocycles. The van der Waals surface area contributed by atoms with Crippen LogP contribution in [0.2, 0.25) is 0 Å². The maximum atomic E-state index is 14.0. The normalized spacial score (nSPS) is 11.5. The second-order valence-corrected chi connectivity index (χ2v) is 7.93. The van der Waals surface area contributed by atoms with Crippen LogP contribution in [0.25, 0.3) is 39.1 Å². The van der Waals surface area contributed by atoms with Gasteiger partial charge in [-0.25, -0.2) is 13.8 Å². The molecule has 0 bridgehead atoms. The van der Waals surface area contributed by atoms with Gasteiger partial charge in [0.25, 0.3) is 0 Å². The molecule has 2 heterocycles. The van der Waals surface area contributed by atoms with Crippen LogP contribution in [0.3, 0.4) is 0 Å². The predicted molar refractivity (Wildman–Crippen MR) is 131 cm³/mol. The molecule has 0 radical (unpaired) electrons. The maximum Gasteiger partial charge on any atom is 0.244 e. The fraction of sp³-hybridized carbons (Fsp3) is 0.0370. The lowest BCUT2D eigenvalue weighted by molar-refractivity contribution is -0.116. The van der Waals surface area contributed by atoms with Crippen molar-refractivity contribution in [1.82, 2.24) is 15.3 Å². The van der Waals surface area contributed by atoms with Gasteiger partial charge in [-0.2, -0.15) is 0 Å². The molecule has 0 saturated carbocycles. The fourth-order valence-corrected chi connectivity index (χ4v) is 3.90. The number of fused-ring (bicyclic) bond motifs is 3. The summed E-state index contributed by atoms with van der Waals surface area (Å²) >= 11 is 0. The molecule has 1 amide bonds. The fourth-order valence-electron chi connectivity index (χ4n) is 3.90. The number of hydrogen-bond acceptors (Lipinski definition) is 3. The number of nitrogens with two attached hydrogens (primary N) is 1. The number of H-pyrrole nitrogens is 1. The number of nitrogen functional groups attached to an aromatic ring is 1. The standard InChI is InChI=1S/C27H20F2N4O/c28-18-11-17(12-19(29)13-18)26-27-23(22-3-1-2-4-24(22)33-27)14-21(32-26)15-31-25(34)10-7-16-5-8-20(30)9-6-16/h1-14,33H,15,30H2,(H,31,34)/b10-7+. The molecule has 3 aromatic carbocycles. The highest BCUT2D eigenvalue weighted by molar-refractivity contribution is 6.11. The summed E-state index contributed by atoms with van der Waals surface area (Å²) in [7, 11) is 0. The summed E-state index contributed by atoms with van der Waals surface area (Å²) < 4.78 is 27.9. The molecule has 0 spiro atoms. The molecule has 168 valence electrons. The van der Waals surface area contributed by atoms with Crippen molar-refractivity contribution >= 4 is 39.5 Å². The Bertz CT molecular complexity index is 1530. The van der Waals surface area contributed by atoms with Crippen LogP contribution in [0.4, 0.5) is 14.5 Å². The van der Waals surface area contributed by atoms with E-state index >= 15 is 0 Å². The van der Waals surface area contributed by atoms with Gasteiger partial charge in [0.05, 0.1) is 23.4 Å². The number of aromatic amines is 1. The monoisotopic (exact) mass is 454 g/mol. The zero-order valence-electron chi connectivity index (χ0n) is 18.0. The van der Waals surface area contributed by atoms with Crippen LogP contribution >= 0.6 is 0 Å². The Hall–Kier alpha value is -4.52. The van der Waals surface area contributed by atoms with Gasteiger partial charge in [0, 0.05) is 39.7 Å². The molecule has 2 aromatic heterocycles. The molecular weight excluding hydrogens is 434 g/mol. The Labute approximate surface area is 193 Å². The minimum absolute atomic E-state index is 0.144. The number of halogens is 2. The predicted octanol–water partition coefficient (Wildman–Crippen LogP) is 5.57. The second kappa shape index (κ2) is 8.78. The van der Waals surface area contributed by atoms with E-state index in [2.05, 4.69) is 15.3 Å². The number of carbonyl (C=O) groups is 1. The van der Waals surface area contributed by atoms with Crippen LogP contribution in [0.5, 0.6) is 0 Å². The molecule has 0 atom stereocenters. The number of nitrogens with zero attached hydrogens (tertiary/aromatic N) is 1. The highest BCUT2D eigenvalue weighted by Crippen LogP contribution is 2.33. The van der Waals surface area contributed by atoms with Crippen LogP contribution in [0.15, 0.2) is 78.9 Å². The third-order valence-corrected chi connectivity index (χ3v) is 5.49. The minimum atomic E-state index is -0.687. The molecule has 0 fully saturated rings. The third-order valence-electron chi connectivity index (χ3n) is 5.49. The van der Waals surface area contributed by atoms with E-state index in [9.17, 15) is 13.6 Å². The van der Waals surface area contributed by atoms with Gasteiger partial charge in [-0.1, -0.05) is 30.3 Å². The van der Waals surface area contributed by atoms with E-state index in [1.165, 1.54) is 18.2 Å². The number of nitrogens with one attached hydrogen (secondary N) is 2. The van der Waals surface area contributed by atoms with Crippen molar-refractivity contribution < 1.29 is 13.6 Å². The number of amides is 1. The van der Waals surface area contributed by atoms with Gasteiger partial charge in [0.2, 0.25) is 5.91 Å². The molecule has 0 aliphatic carbocycles. The van der Waals surface area contributed by atoms with E-state index in [0.717, 1.165) is 27.9 Å². The first-order valence-electron chi connectivity index (χ1n) is 10.6. The van der Waals surface area contributed by atoms with Crippen molar-refractivity contribution in [2.24, 2.45) is 0 Å². The summed E-state index contributed by atoms with van der Waals surface area (Å²) in [4.78, 5) is 20.3. The molecule has 0 aliphatic rings. The lowest BCUT2D eigenvalue weighted by Crippen LogP contribution is -2.21. The number of hydrogen-bond donors (Lipinski definition) is 3. The molecule has 5 aromatic rings. The van der Waals surface area contributed by atoms with Crippen molar-refractivity contribution in [2.45, 2.75) is 6.54 Å². The summed E-state index contributed by atoms with van der Waals surface area (Å²) in [5, 5.41) is 4.62. The van der Waals surface area contributed by atoms with Crippen molar-refractivity contribution in [3.63, 3.8) is 0 Å². The SMILES string of the molecule is Nc1ccc(/C=C/C(=O)NCc2cc3c([nH]c4ccccc43)c(-c3cc(F)cc(F)c3)n2)cc1. The first kappa shape index (κ1) is 21.3. The van der Waals surface area contributed by atoms with Crippen molar-refractivity contribution in [1.29, 1.82) is 0 Å². The van der Waals surface area contributed by atoms with Crippen LogP contribution in [-0.2, 0) is 11.3 Å². The van der Waals surface area contributed by atoms with Gasteiger partial charge in [-0.3, -0.25) is 4.79 Å². The van der Waals surface area contributed by atoms with E-state index in [-0.39, 0.29) is 12.5 Å². The van der Waals surface area contributed by atoms with E-state index in [1.54, 1.807) is 18.2 Å². The number of carbonyl (C=O) groups excluding carboxylic acids is 1. The van der Waals surface area contributed by atoms with Gasteiger partial charge in [-0.15, -0.1) is 0 Å². The number of benzene rings is 3. The van der Waals surface area contributed by atoms with Gasteiger partial charge in [0.15, 0.2) is 0 Å². The summed E-state index contributed by atoms with van der Waals surface area (Å²) in [6, 6.07) is 20.0. The number of pyridine rings is 1. The minimum Gasteiger partial charge on any atom is -0.399 e. The van der Waals surface area contributed by atoms with Crippen LogP contribution in [0, 0.1) is 11.6 Å². The van der Waals surface area contributed by atoms with Crippen molar-refractivity contribution in [3.8, 4) is 11.3 Å². The molecular formula is C27H20F2N4O. The first-order chi connectivity index (χ1) is 16.5. The van der Waals surface area contributed by atoms with E-state index in [4.69, 9.17) is 5.73 Å². The van der Waals surface area contributed by atoms with Gasteiger partial charge in [-0.05, 0) is 48.0 Å².